The van der Waals surface area contributed by atoms with Crippen molar-refractivity contribution in [2.24, 2.45) is 23.7 Å². The van der Waals surface area contributed by atoms with Crippen LogP contribution in [0.25, 0.3) is 0 Å². The summed E-state index contributed by atoms with van der Waals surface area (Å²) in [5, 5.41) is 0. The number of rotatable bonds is 5. The number of carbonyl (C=O) groups is 5. The van der Waals surface area contributed by atoms with E-state index < -0.39 is 30.9 Å². The van der Waals surface area contributed by atoms with Crippen LogP contribution in [-0.4, -0.2) is 47.6 Å². The maximum atomic E-state index is 12.5. The second-order valence-electron chi connectivity index (χ2n) is 7.29. The van der Waals surface area contributed by atoms with Gasteiger partial charge in [0.2, 0.25) is 11.8 Å². The summed E-state index contributed by atoms with van der Waals surface area (Å²) in [4.78, 5) is 61.5. The number of likely N-dealkylation sites (tertiary alicyclic amines) is 1. The Labute approximate surface area is 166 Å². The van der Waals surface area contributed by atoms with Gasteiger partial charge in [0.15, 0.2) is 6.61 Å². The Kier molecular flexibility index (Phi) is 4.87. The van der Waals surface area contributed by atoms with E-state index in [9.17, 15) is 24.0 Å². The average molecular weight is 397 g/mol. The van der Waals surface area contributed by atoms with Gasteiger partial charge in [0.1, 0.15) is 6.54 Å². The summed E-state index contributed by atoms with van der Waals surface area (Å²) in [6, 6.07) is 8.24. The molecule has 150 valence electrons. The third kappa shape index (κ3) is 3.51. The van der Waals surface area contributed by atoms with Gasteiger partial charge < -0.3 is 4.74 Å². The molecule has 4 amide bonds. The molecule has 1 saturated heterocycles. The van der Waals surface area contributed by atoms with Crippen LogP contribution in [0.3, 0.4) is 0 Å². The number of fused-ring (bicyclic) bond motifs is 5. The zero-order valence-electron chi connectivity index (χ0n) is 15.4. The molecule has 4 atom stereocenters. The number of benzene rings is 1. The number of nitrogens with zero attached hydrogens (tertiary/aromatic N) is 1. The number of imide groups is 1. The van der Waals surface area contributed by atoms with E-state index in [0.29, 0.717) is 5.56 Å². The van der Waals surface area contributed by atoms with Crippen molar-refractivity contribution in [1.29, 1.82) is 0 Å². The highest BCUT2D eigenvalue weighted by Crippen LogP contribution is 2.52. The molecule has 0 radical (unpaired) electrons. The third-order valence-corrected chi connectivity index (χ3v) is 5.56. The zero-order valence-corrected chi connectivity index (χ0v) is 15.4. The molecule has 9 heteroatoms. The molecule has 1 aliphatic heterocycles. The largest absolute Gasteiger partial charge is 0.454 e. The van der Waals surface area contributed by atoms with E-state index >= 15 is 0 Å². The van der Waals surface area contributed by atoms with Gasteiger partial charge >= 0.3 is 5.97 Å². The van der Waals surface area contributed by atoms with Gasteiger partial charge in [-0.05, 0) is 30.4 Å². The number of hydrogen-bond donors (Lipinski definition) is 2. The minimum absolute atomic E-state index is 0.0569. The first-order valence-electron chi connectivity index (χ1n) is 9.29. The highest BCUT2D eigenvalue weighted by Gasteiger charge is 2.59. The van der Waals surface area contributed by atoms with Gasteiger partial charge in [-0.15, -0.1) is 0 Å². The lowest BCUT2D eigenvalue weighted by Gasteiger charge is -2.16. The third-order valence-electron chi connectivity index (χ3n) is 5.56. The van der Waals surface area contributed by atoms with Crippen LogP contribution < -0.4 is 10.9 Å². The maximum absolute atomic E-state index is 12.5. The first-order chi connectivity index (χ1) is 14.0. The summed E-state index contributed by atoms with van der Waals surface area (Å²) < 4.78 is 4.83. The second-order valence-corrected chi connectivity index (χ2v) is 7.29. The van der Waals surface area contributed by atoms with Crippen LogP contribution in [0.2, 0.25) is 0 Å². The molecular weight excluding hydrogens is 378 g/mol. The van der Waals surface area contributed by atoms with Crippen molar-refractivity contribution in [2.75, 3.05) is 13.2 Å². The molecule has 9 nitrogen and oxygen atoms in total. The number of hydrazine groups is 1. The molecule has 2 bridgehead atoms. The first kappa shape index (κ1) is 18.9. The van der Waals surface area contributed by atoms with Crippen molar-refractivity contribution in [3.05, 3.63) is 48.0 Å². The minimum Gasteiger partial charge on any atom is -0.454 e. The summed E-state index contributed by atoms with van der Waals surface area (Å²) in [5.41, 5.74) is 4.68. The predicted molar refractivity (Wildman–Crippen MR) is 97.4 cm³/mol. The fourth-order valence-electron chi connectivity index (χ4n) is 4.26. The molecule has 1 aromatic rings. The van der Waals surface area contributed by atoms with E-state index in [1.807, 2.05) is 12.2 Å². The number of ether oxygens (including phenoxy) is 1. The highest BCUT2D eigenvalue weighted by atomic mass is 16.5. The molecule has 4 rings (SSSR count). The molecule has 0 unspecified atom stereocenters. The molecule has 2 fully saturated rings. The molecular formula is C20H19N3O6. The normalized spacial score (nSPS) is 26.4. The van der Waals surface area contributed by atoms with Crippen LogP contribution in [0.15, 0.2) is 42.5 Å². The number of hydrogen-bond acceptors (Lipinski definition) is 6. The molecule has 1 aromatic carbocycles. The molecule has 1 saturated carbocycles. The predicted octanol–water partition coefficient (Wildman–Crippen LogP) is -0.202. The average Bonchev–Trinajstić information content (AvgIpc) is 3.41. The molecule has 3 aliphatic rings. The highest BCUT2D eigenvalue weighted by molar-refractivity contribution is 6.08. The van der Waals surface area contributed by atoms with Crippen molar-refractivity contribution in [1.82, 2.24) is 15.8 Å². The first-order valence-corrected chi connectivity index (χ1v) is 9.29. The summed E-state index contributed by atoms with van der Waals surface area (Å²) in [6.45, 7) is -1.17. The van der Waals surface area contributed by atoms with Crippen LogP contribution in [0.4, 0.5) is 0 Å². The van der Waals surface area contributed by atoms with Crippen LogP contribution in [0, 0.1) is 23.7 Å². The van der Waals surface area contributed by atoms with Gasteiger partial charge in [-0.3, -0.25) is 39.7 Å². The van der Waals surface area contributed by atoms with Crippen molar-refractivity contribution < 1.29 is 28.7 Å². The van der Waals surface area contributed by atoms with Gasteiger partial charge in [-0.1, -0.05) is 30.4 Å². The van der Waals surface area contributed by atoms with Crippen LogP contribution in [0.1, 0.15) is 16.8 Å². The molecule has 29 heavy (non-hydrogen) atoms. The Hall–Kier alpha value is -3.49. The Bertz CT molecular complexity index is 882. The summed E-state index contributed by atoms with van der Waals surface area (Å²) in [7, 11) is 0. The van der Waals surface area contributed by atoms with E-state index in [-0.39, 0.29) is 35.5 Å². The fraction of sp³-hybridized carbons (Fsp3) is 0.350. The van der Waals surface area contributed by atoms with Crippen molar-refractivity contribution in [3.8, 4) is 0 Å². The quantitative estimate of drug-likeness (QED) is 0.307. The number of carbonyl (C=O) groups excluding carboxylic acids is 5. The Morgan fingerprint density at radius 1 is 0.966 bits per heavy atom. The van der Waals surface area contributed by atoms with Crippen LogP contribution in [0.5, 0.6) is 0 Å². The van der Waals surface area contributed by atoms with E-state index in [4.69, 9.17) is 4.74 Å². The van der Waals surface area contributed by atoms with E-state index in [1.54, 1.807) is 30.3 Å². The monoisotopic (exact) mass is 397 g/mol. The summed E-state index contributed by atoms with van der Waals surface area (Å²) >= 11 is 0. The molecule has 2 N–H and O–H groups in total. The molecule has 2 aliphatic carbocycles. The summed E-state index contributed by atoms with van der Waals surface area (Å²) in [5.74, 6) is -3.50. The maximum Gasteiger partial charge on any atom is 0.326 e. The van der Waals surface area contributed by atoms with E-state index in [0.717, 1.165) is 11.3 Å². The standard InChI is InChI=1S/C20H19N3O6/c24-14(21-22-18(26)11-4-2-1-3-5-11)10-29-15(25)9-23-19(27)16-12-6-7-13(8-12)17(16)20(23)28/h1-7,12-13,16-17H,8-10H2,(H,21,24)(H,22,26)/t12-,13-,16-,17-/m0/s1. The van der Waals surface area contributed by atoms with Gasteiger partial charge in [0, 0.05) is 5.56 Å². The minimum atomic E-state index is -0.864. The molecule has 0 spiro atoms. The zero-order chi connectivity index (χ0) is 20.5. The number of esters is 1. The molecule has 1 heterocycles. The lowest BCUT2D eigenvalue weighted by Crippen LogP contribution is -2.44. The van der Waals surface area contributed by atoms with Crippen molar-refractivity contribution >= 4 is 29.6 Å². The Balaban J connectivity index is 1.22. The van der Waals surface area contributed by atoms with Crippen molar-refractivity contribution in [2.45, 2.75) is 6.42 Å². The van der Waals surface area contributed by atoms with Gasteiger partial charge in [-0.25, -0.2) is 0 Å². The van der Waals surface area contributed by atoms with Gasteiger partial charge in [0.25, 0.3) is 11.8 Å². The van der Waals surface area contributed by atoms with E-state index in [2.05, 4.69) is 10.9 Å². The lowest BCUT2D eigenvalue weighted by atomic mass is 9.85. The Morgan fingerprint density at radius 2 is 1.59 bits per heavy atom. The number of amides is 4. The topological polar surface area (TPSA) is 122 Å². The van der Waals surface area contributed by atoms with Crippen LogP contribution in [-0.2, 0) is 23.9 Å². The SMILES string of the molecule is O=C(COC(=O)CN1C(=O)[C@@H]2[C@@H](C1=O)[C@H]1C=C[C@H]2C1)NNC(=O)c1ccccc1. The second kappa shape index (κ2) is 7.50. The Morgan fingerprint density at radius 3 is 2.21 bits per heavy atom. The summed E-state index contributed by atoms with van der Waals surface area (Å²) in [6.07, 6.45) is 4.74. The smallest absolute Gasteiger partial charge is 0.326 e. The fourth-order valence-corrected chi connectivity index (χ4v) is 4.26. The van der Waals surface area contributed by atoms with E-state index in [1.165, 1.54) is 0 Å². The number of allylic oxidation sites excluding steroid dienone is 2. The van der Waals surface area contributed by atoms with Gasteiger partial charge in [-0.2, -0.15) is 0 Å². The molecule has 0 aromatic heterocycles. The van der Waals surface area contributed by atoms with Gasteiger partial charge in [0.05, 0.1) is 11.8 Å². The number of nitrogens with one attached hydrogen (secondary N) is 2. The van der Waals surface area contributed by atoms with Crippen LogP contribution >= 0.6 is 0 Å². The van der Waals surface area contributed by atoms with Crippen molar-refractivity contribution in [3.63, 3.8) is 0 Å². The lowest BCUT2D eigenvalue weighted by molar-refractivity contribution is -0.155.